The summed E-state index contributed by atoms with van der Waals surface area (Å²) < 4.78 is 1.07. The van der Waals surface area contributed by atoms with Gasteiger partial charge in [0.25, 0.3) is 0 Å². The highest BCUT2D eigenvalue weighted by Crippen LogP contribution is 2.27. The fourth-order valence-electron chi connectivity index (χ4n) is 1.16. The van der Waals surface area contributed by atoms with Gasteiger partial charge >= 0.3 is 0 Å². The van der Waals surface area contributed by atoms with Crippen molar-refractivity contribution in [2.75, 3.05) is 11.9 Å². The molecule has 78 valence electrons. The van der Waals surface area contributed by atoms with Gasteiger partial charge in [0.05, 0.1) is 0 Å². The Hall–Kier alpha value is -0.940. The Labute approximate surface area is 101 Å². The third-order valence-corrected chi connectivity index (χ3v) is 3.30. The fraction of sp³-hybridized carbons (Fsp3) is 0.200. The van der Waals surface area contributed by atoms with E-state index in [2.05, 4.69) is 31.4 Å². The number of nitrogens with zero attached hydrogens (tertiary/aromatic N) is 2. The van der Waals surface area contributed by atoms with Gasteiger partial charge in [0.15, 0.2) is 0 Å². The lowest BCUT2D eigenvalue weighted by Gasteiger charge is -1.94. The zero-order valence-electron chi connectivity index (χ0n) is 8.20. The van der Waals surface area contributed by atoms with E-state index >= 15 is 0 Å². The molecule has 0 amide bonds. The minimum Gasteiger partial charge on any atom is -0.360 e. The van der Waals surface area contributed by atoms with Gasteiger partial charge in [-0.25, -0.2) is 0 Å². The summed E-state index contributed by atoms with van der Waals surface area (Å²) in [6.45, 7) is 2.91. The number of nitrogens with one attached hydrogen (secondary N) is 1. The third kappa shape index (κ3) is 2.54. The number of halogens is 1. The molecule has 0 aliphatic carbocycles. The third-order valence-electron chi connectivity index (χ3n) is 1.84. The molecule has 1 heterocycles. The molecule has 0 aliphatic rings. The van der Waals surface area contributed by atoms with Gasteiger partial charge in [-0.15, -0.1) is 10.2 Å². The lowest BCUT2D eigenvalue weighted by atomic mass is 10.2. The van der Waals surface area contributed by atoms with E-state index in [4.69, 9.17) is 0 Å². The summed E-state index contributed by atoms with van der Waals surface area (Å²) in [5, 5.41) is 13.1. The van der Waals surface area contributed by atoms with Crippen LogP contribution in [0.3, 0.4) is 0 Å². The summed E-state index contributed by atoms with van der Waals surface area (Å²) in [6, 6.07) is 8.06. The second-order valence-corrected chi connectivity index (χ2v) is 4.84. The van der Waals surface area contributed by atoms with E-state index in [1.807, 2.05) is 31.2 Å². The van der Waals surface area contributed by atoms with E-state index < -0.39 is 0 Å². The van der Waals surface area contributed by atoms with Crippen molar-refractivity contribution in [1.82, 2.24) is 10.2 Å². The first kappa shape index (κ1) is 10.6. The number of aromatic nitrogens is 2. The van der Waals surface area contributed by atoms with Crippen molar-refractivity contribution in [2.45, 2.75) is 6.92 Å². The molecule has 0 radical (unpaired) electrons. The molecule has 0 atom stereocenters. The van der Waals surface area contributed by atoms with Crippen LogP contribution >= 0.6 is 27.3 Å². The van der Waals surface area contributed by atoms with E-state index in [0.29, 0.717) is 0 Å². The Morgan fingerprint density at radius 3 is 2.67 bits per heavy atom. The van der Waals surface area contributed by atoms with Crippen LogP contribution in [0.1, 0.15) is 6.92 Å². The van der Waals surface area contributed by atoms with Crippen molar-refractivity contribution in [3.8, 4) is 10.6 Å². The quantitative estimate of drug-likeness (QED) is 0.938. The Morgan fingerprint density at radius 2 is 2.00 bits per heavy atom. The Balaban J connectivity index is 2.25. The second kappa shape index (κ2) is 4.72. The van der Waals surface area contributed by atoms with Gasteiger partial charge in [-0.05, 0) is 19.1 Å². The minimum atomic E-state index is 0.870. The molecule has 0 aliphatic heterocycles. The molecular weight excluding hydrogens is 274 g/mol. The maximum Gasteiger partial charge on any atom is 0.205 e. The molecule has 5 heteroatoms. The molecular formula is C10H10BrN3S. The van der Waals surface area contributed by atoms with Crippen LogP contribution in [0.2, 0.25) is 0 Å². The van der Waals surface area contributed by atoms with E-state index in [9.17, 15) is 0 Å². The van der Waals surface area contributed by atoms with Crippen LogP contribution < -0.4 is 5.32 Å². The summed E-state index contributed by atoms with van der Waals surface area (Å²) >= 11 is 4.97. The van der Waals surface area contributed by atoms with E-state index in [0.717, 1.165) is 26.7 Å². The highest BCUT2D eigenvalue weighted by Gasteiger charge is 2.04. The second-order valence-electron chi connectivity index (χ2n) is 2.95. The Bertz CT molecular complexity index is 438. The van der Waals surface area contributed by atoms with Crippen LogP contribution in [0.15, 0.2) is 28.7 Å². The number of benzene rings is 1. The molecule has 0 saturated carbocycles. The van der Waals surface area contributed by atoms with Crippen LogP contribution in [0.25, 0.3) is 10.6 Å². The molecule has 1 N–H and O–H groups in total. The maximum absolute atomic E-state index is 4.13. The monoisotopic (exact) mass is 283 g/mol. The van der Waals surface area contributed by atoms with Gasteiger partial charge in [0.1, 0.15) is 5.01 Å². The van der Waals surface area contributed by atoms with Crippen molar-refractivity contribution in [1.29, 1.82) is 0 Å². The first-order valence-electron chi connectivity index (χ1n) is 4.63. The number of rotatable bonds is 3. The zero-order valence-corrected chi connectivity index (χ0v) is 10.6. The Kier molecular flexibility index (Phi) is 3.33. The van der Waals surface area contributed by atoms with Crippen LogP contribution in [0, 0.1) is 0 Å². The predicted molar refractivity (Wildman–Crippen MR) is 67.2 cm³/mol. The topological polar surface area (TPSA) is 37.8 Å². The van der Waals surface area contributed by atoms with Gasteiger partial charge in [-0.3, -0.25) is 0 Å². The SMILES string of the molecule is CCNc1nnc(-c2ccc(Br)cc2)s1. The zero-order chi connectivity index (χ0) is 10.7. The standard InChI is InChI=1S/C10H10BrN3S/c1-2-12-10-14-13-9(15-10)7-3-5-8(11)6-4-7/h3-6H,2H2,1H3,(H,12,14). The Morgan fingerprint density at radius 1 is 1.27 bits per heavy atom. The molecule has 0 fully saturated rings. The van der Waals surface area contributed by atoms with Crippen molar-refractivity contribution < 1.29 is 0 Å². The summed E-state index contributed by atoms with van der Waals surface area (Å²) in [5.41, 5.74) is 1.10. The molecule has 2 rings (SSSR count). The molecule has 1 aromatic heterocycles. The fourth-order valence-corrected chi connectivity index (χ4v) is 2.24. The van der Waals surface area contributed by atoms with E-state index in [1.54, 1.807) is 11.3 Å². The first-order valence-corrected chi connectivity index (χ1v) is 6.24. The summed E-state index contributed by atoms with van der Waals surface area (Å²) in [5.74, 6) is 0. The van der Waals surface area contributed by atoms with Crippen LogP contribution in [0.4, 0.5) is 5.13 Å². The smallest absolute Gasteiger partial charge is 0.205 e. The highest BCUT2D eigenvalue weighted by atomic mass is 79.9. The van der Waals surface area contributed by atoms with Crippen molar-refractivity contribution in [2.24, 2.45) is 0 Å². The minimum absolute atomic E-state index is 0.870. The molecule has 0 saturated heterocycles. The largest absolute Gasteiger partial charge is 0.360 e. The van der Waals surface area contributed by atoms with E-state index in [1.165, 1.54) is 0 Å². The number of hydrogen-bond acceptors (Lipinski definition) is 4. The van der Waals surface area contributed by atoms with Gasteiger partial charge in [-0.1, -0.05) is 39.4 Å². The lowest BCUT2D eigenvalue weighted by Crippen LogP contribution is -1.94. The summed E-state index contributed by atoms with van der Waals surface area (Å²) in [4.78, 5) is 0. The lowest BCUT2D eigenvalue weighted by molar-refractivity contribution is 1.07. The average molecular weight is 284 g/mol. The average Bonchev–Trinajstić information content (AvgIpc) is 2.68. The van der Waals surface area contributed by atoms with Gasteiger partial charge in [0, 0.05) is 16.6 Å². The molecule has 15 heavy (non-hydrogen) atoms. The molecule has 0 unspecified atom stereocenters. The molecule has 0 spiro atoms. The number of hydrogen-bond donors (Lipinski definition) is 1. The van der Waals surface area contributed by atoms with Crippen molar-refractivity contribution >= 4 is 32.4 Å². The predicted octanol–water partition coefficient (Wildman–Crippen LogP) is 3.40. The van der Waals surface area contributed by atoms with Crippen molar-refractivity contribution in [3.05, 3.63) is 28.7 Å². The van der Waals surface area contributed by atoms with Crippen LogP contribution in [-0.4, -0.2) is 16.7 Å². The normalized spacial score (nSPS) is 10.3. The maximum atomic E-state index is 4.13. The molecule has 0 bridgehead atoms. The van der Waals surface area contributed by atoms with Crippen LogP contribution in [-0.2, 0) is 0 Å². The molecule has 3 nitrogen and oxygen atoms in total. The van der Waals surface area contributed by atoms with Crippen molar-refractivity contribution in [3.63, 3.8) is 0 Å². The van der Waals surface area contributed by atoms with Crippen LogP contribution in [0.5, 0.6) is 0 Å². The summed E-state index contributed by atoms with van der Waals surface area (Å²) in [6.07, 6.45) is 0. The van der Waals surface area contributed by atoms with E-state index in [-0.39, 0.29) is 0 Å². The number of anilines is 1. The van der Waals surface area contributed by atoms with Gasteiger partial charge < -0.3 is 5.32 Å². The molecule has 2 aromatic rings. The first-order chi connectivity index (χ1) is 7.29. The van der Waals surface area contributed by atoms with Gasteiger partial charge in [-0.2, -0.15) is 0 Å². The summed E-state index contributed by atoms with van der Waals surface area (Å²) in [7, 11) is 0. The van der Waals surface area contributed by atoms with Gasteiger partial charge in [0.2, 0.25) is 5.13 Å². The molecule has 1 aromatic carbocycles. The highest BCUT2D eigenvalue weighted by molar-refractivity contribution is 9.10.